The summed E-state index contributed by atoms with van der Waals surface area (Å²) < 4.78 is 253. The largest absolute Gasteiger partial charge is 1.00 e. The van der Waals surface area contributed by atoms with E-state index in [2.05, 4.69) is 12.6 Å². The van der Waals surface area contributed by atoms with E-state index in [-0.39, 0.29) is 48.8 Å². The van der Waals surface area contributed by atoms with Gasteiger partial charge in [-0.3, -0.25) is 0 Å². The lowest BCUT2D eigenvalue weighted by molar-refractivity contribution is -0.873. The lowest BCUT2D eigenvalue weighted by Gasteiger charge is -2.34. The number of rotatable bonds is 18. The molecule has 0 fully saturated rings. The average Bonchev–Trinajstić information content (AvgIpc) is 2.94. The molecular formula is C31H51Cl3F20N2O2S2. The van der Waals surface area contributed by atoms with E-state index in [1.807, 2.05) is 42.3 Å². The van der Waals surface area contributed by atoms with Crippen molar-refractivity contribution in [3.63, 3.8) is 0 Å². The number of quaternary nitrogens is 2. The van der Waals surface area contributed by atoms with E-state index in [9.17, 15) is 92.9 Å². The minimum atomic E-state index is -6.52. The second-order valence-corrected chi connectivity index (χ2v) is 17.5. The molecule has 0 radical (unpaired) electrons. The molecule has 370 valence electrons. The van der Waals surface area contributed by atoms with Crippen LogP contribution in [0.4, 0.5) is 87.8 Å². The summed E-state index contributed by atoms with van der Waals surface area (Å²) in [5.41, 5.74) is -11.8. The van der Waals surface area contributed by atoms with Crippen LogP contribution in [-0.4, -0.2) is 158 Å². The summed E-state index contributed by atoms with van der Waals surface area (Å²) in [7, 11) is 11.6. The topological polar surface area (TPSA) is 40.5 Å². The summed E-state index contributed by atoms with van der Waals surface area (Å²) in [5, 5.41) is 18.9. The van der Waals surface area contributed by atoms with Crippen molar-refractivity contribution in [2.24, 2.45) is 17.8 Å². The fraction of sp³-hybridized carbons (Fsp3) is 1.00. The summed E-state index contributed by atoms with van der Waals surface area (Å²) in [6.45, 7) is 2.39. The van der Waals surface area contributed by atoms with Gasteiger partial charge in [0.2, 0.25) is 0 Å². The van der Waals surface area contributed by atoms with Crippen LogP contribution < -0.4 is 24.8 Å². The molecule has 5 atom stereocenters. The second kappa shape index (κ2) is 26.2. The summed E-state index contributed by atoms with van der Waals surface area (Å²) in [6, 6.07) is 0. The minimum absolute atomic E-state index is 0. The van der Waals surface area contributed by atoms with E-state index in [0.29, 0.717) is 23.5 Å². The molecular weight excluding hydrogens is 983 g/mol. The van der Waals surface area contributed by atoms with Crippen LogP contribution in [0.5, 0.6) is 0 Å². The molecule has 5 unspecified atom stereocenters. The number of thioether (sulfide) groups is 1. The minimum Gasteiger partial charge on any atom is -1.00 e. The number of hydrogen-bond acceptors (Lipinski definition) is 4. The first-order valence-electron chi connectivity index (χ1n) is 16.7. The smallest absolute Gasteiger partial charge is 0.431 e. The van der Waals surface area contributed by atoms with Crippen molar-refractivity contribution in [3.8, 4) is 0 Å². The standard InChI is InChI=1S/C17H28F10NOS.C8H8F10S.C6H15ClNO.2ClH/c1-11(5-6-30-10-13(29)9-28(2,3)4)7-12(15(19,20)21)8-14(18,16(22,23)24)17(25,26)27;9-5(7(13,14)15,8(16,17)18)3-4(1-2-19)6(10,11)12;1-8(2,3)5-6(9)4-7;;/h11-13,29H,5-10H2,1-4H3;4,19H,1-3H2;6,9H,4-5H2,1-3H3;2*1H/q+1;;+1;;/p-2. The van der Waals surface area contributed by atoms with Gasteiger partial charge < -0.3 is 44.0 Å². The summed E-state index contributed by atoms with van der Waals surface area (Å²) >= 11 is 9.91. The fourth-order valence-electron chi connectivity index (χ4n) is 4.81. The van der Waals surface area contributed by atoms with Crippen molar-refractivity contribution in [1.82, 2.24) is 0 Å². The van der Waals surface area contributed by atoms with Gasteiger partial charge in [-0.1, -0.05) is 6.92 Å². The molecule has 0 aliphatic heterocycles. The number of aliphatic hydroxyl groups excluding tert-OH is 2. The van der Waals surface area contributed by atoms with E-state index in [1.54, 1.807) is 0 Å². The predicted octanol–water partition coefficient (Wildman–Crippen LogP) is 4.61. The van der Waals surface area contributed by atoms with Gasteiger partial charge in [0.05, 0.1) is 60.0 Å². The first-order valence-corrected chi connectivity index (χ1v) is 19.0. The number of hydrogen-bond donors (Lipinski definition) is 3. The van der Waals surface area contributed by atoms with Gasteiger partial charge in [-0.25, -0.2) is 8.78 Å². The van der Waals surface area contributed by atoms with E-state index in [1.165, 1.54) is 18.7 Å². The Balaban J connectivity index is -0.000000286. The molecule has 2 N–H and O–H groups in total. The van der Waals surface area contributed by atoms with Gasteiger partial charge in [0.25, 0.3) is 11.3 Å². The highest BCUT2D eigenvalue weighted by Gasteiger charge is 2.75. The number of halogens is 23. The van der Waals surface area contributed by atoms with Crippen molar-refractivity contribution in [1.29, 1.82) is 0 Å². The van der Waals surface area contributed by atoms with Gasteiger partial charge >= 0.3 is 37.1 Å². The molecule has 0 aliphatic carbocycles. The van der Waals surface area contributed by atoms with Gasteiger partial charge in [-0.05, 0) is 36.7 Å². The maximum absolute atomic E-state index is 13.8. The first-order chi connectivity index (χ1) is 25.2. The van der Waals surface area contributed by atoms with E-state index >= 15 is 0 Å². The van der Waals surface area contributed by atoms with Gasteiger partial charge in [0.1, 0.15) is 25.3 Å². The average molecular weight is 1030 g/mol. The third-order valence-electron chi connectivity index (χ3n) is 7.70. The molecule has 0 amide bonds. The zero-order valence-corrected chi connectivity index (χ0v) is 37.0. The first kappa shape index (κ1) is 69.1. The Morgan fingerprint density at radius 1 is 0.550 bits per heavy atom. The normalized spacial score (nSPS) is 16.4. The molecule has 0 aliphatic rings. The Labute approximate surface area is 362 Å². The SMILES string of the molecule is CC(CCSCC(O)C[N+](C)(C)C)CC(CC(F)(C(F)(F)F)C(F)(F)F)C(F)(F)F.C[N+](C)(C)CC(O)CCl.FC(F)(F)C(CCS)CC(F)(C(F)(F)F)C(F)(F)F.[Cl-].[Cl-]. The highest BCUT2D eigenvalue weighted by Crippen LogP contribution is 2.54. The molecule has 0 spiro atoms. The van der Waals surface area contributed by atoms with Crippen LogP contribution in [0, 0.1) is 17.8 Å². The van der Waals surface area contributed by atoms with Crippen LogP contribution >= 0.6 is 36.0 Å². The molecule has 29 heteroatoms. The molecule has 0 aromatic heterocycles. The third-order valence-corrected chi connectivity index (χ3v) is 9.46. The number of aliphatic hydroxyl groups is 2. The van der Waals surface area contributed by atoms with Crippen molar-refractivity contribution in [2.75, 3.05) is 78.5 Å². The van der Waals surface area contributed by atoms with Crippen molar-refractivity contribution in [3.05, 3.63) is 0 Å². The molecule has 0 aromatic carbocycles. The molecule has 0 bridgehead atoms. The highest BCUT2D eigenvalue weighted by molar-refractivity contribution is 7.99. The summed E-state index contributed by atoms with van der Waals surface area (Å²) in [6.07, 6.45) is -45.5. The predicted molar refractivity (Wildman–Crippen MR) is 183 cm³/mol. The van der Waals surface area contributed by atoms with E-state index < -0.39 is 104 Å². The Morgan fingerprint density at radius 3 is 1.12 bits per heavy atom. The van der Waals surface area contributed by atoms with Crippen LogP contribution in [0.25, 0.3) is 0 Å². The Morgan fingerprint density at radius 2 is 0.867 bits per heavy atom. The fourth-order valence-corrected chi connectivity index (χ4v) is 6.33. The highest BCUT2D eigenvalue weighted by atomic mass is 35.5. The molecule has 0 saturated heterocycles. The van der Waals surface area contributed by atoms with Crippen LogP contribution in [0.15, 0.2) is 0 Å². The van der Waals surface area contributed by atoms with Crippen LogP contribution in [0.3, 0.4) is 0 Å². The summed E-state index contributed by atoms with van der Waals surface area (Å²) in [4.78, 5) is 0. The van der Waals surface area contributed by atoms with Gasteiger partial charge in [0.15, 0.2) is 0 Å². The summed E-state index contributed by atoms with van der Waals surface area (Å²) in [5.74, 6) is -6.86. The van der Waals surface area contributed by atoms with E-state index in [4.69, 9.17) is 16.7 Å². The molecule has 0 heterocycles. The molecule has 60 heavy (non-hydrogen) atoms. The van der Waals surface area contributed by atoms with Crippen LogP contribution in [0.1, 0.15) is 39.0 Å². The monoisotopic (exact) mass is 1030 g/mol. The Bertz CT molecular complexity index is 1120. The maximum atomic E-state index is 13.8. The lowest BCUT2D eigenvalue weighted by Crippen LogP contribution is -3.00. The molecule has 4 nitrogen and oxygen atoms in total. The molecule has 0 saturated carbocycles. The van der Waals surface area contributed by atoms with Gasteiger partial charge in [0, 0.05) is 18.6 Å². The maximum Gasteiger partial charge on any atom is 0.431 e. The number of nitrogens with zero attached hydrogens (tertiary/aromatic N) is 2. The molecule has 0 rings (SSSR count). The number of alkyl halides is 21. The Kier molecular flexibility index (Phi) is 30.2. The zero-order valence-electron chi connectivity index (χ0n) is 33.0. The van der Waals surface area contributed by atoms with Gasteiger partial charge in [-0.15, -0.1) is 11.6 Å². The quantitative estimate of drug-likeness (QED) is 0.0619. The van der Waals surface area contributed by atoms with Crippen molar-refractivity contribution in [2.45, 2.75) is 99.6 Å². The van der Waals surface area contributed by atoms with E-state index in [0.717, 1.165) is 4.48 Å². The van der Waals surface area contributed by atoms with Gasteiger partial charge in [-0.2, -0.15) is 103 Å². The second-order valence-electron chi connectivity index (χ2n) is 15.6. The Hall–Kier alpha value is 0.01000. The van der Waals surface area contributed by atoms with Crippen LogP contribution in [0.2, 0.25) is 0 Å². The van der Waals surface area contributed by atoms with Crippen molar-refractivity contribution >= 4 is 36.0 Å². The third kappa shape index (κ3) is 26.7. The van der Waals surface area contributed by atoms with Crippen LogP contribution in [-0.2, 0) is 0 Å². The molecule has 0 aromatic rings. The number of likely N-dealkylation sites (N-methyl/N-ethyl adjacent to an activating group) is 2. The zero-order chi connectivity index (χ0) is 47.4. The lowest BCUT2D eigenvalue weighted by atomic mass is 9.84. The number of thiol groups is 1. The van der Waals surface area contributed by atoms with Crippen molar-refractivity contribution < 1.29 is 132 Å².